The van der Waals surface area contributed by atoms with Crippen molar-refractivity contribution in [2.45, 2.75) is 38.2 Å². The van der Waals surface area contributed by atoms with E-state index in [1.807, 2.05) is 0 Å². The van der Waals surface area contributed by atoms with Gasteiger partial charge in [-0.1, -0.05) is 0 Å². The van der Waals surface area contributed by atoms with Crippen LogP contribution in [0.1, 0.15) is 26.2 Å². The largest absolute Gasteiger partial charge is 0.341 e. The second-order valence-corrected chi connectivity index (χ2v) is 5.05. The number of hydrogen-bond acceptors (Lipinski definition) is 2. The number of amides is 1. The highest BCUT2D eigenvalue weighted by atomic mass is 19.3. The number of carbonyl (C=O) groups excluding carboxylic acids is 1. The van der Waals surface area contributed by atoms with Crippen LogP contribution in [0.25, 0.3) is 0 Å². The maximum atomic E-state index is 13.6. The molecule has 0 spiro atoms. The molecule has 0 bridgehead atoms. The summed E-state index contributed by atoms with van der Waals surface area (Å²) in [6.45, 7) is 2.24. The quantitative estimate of drug-likeness (QED) is 0.739. The van der Waals surface area contributed by atoms with Gasteiger partial charge >= 0.3 is 0 Å². The van der Waals surface area contributed by atoms with E-state index >= 15 is 0 Å². The van der Waals surface area contributed by atoms with E-state index in [1.165, 1.54) is 4.90 Å². The van der Waals surface area contributed by atoms with Crippen molar-refractivity contribution in [2.75, 3.05) is 13.1 Å². The van der Waals surface area contributed by atoms with Gasteiger partial charge in [0.1, 0.15) is 0 Å². The molecule has 1 saturated heterocycles. The van der Waals surface area contributed by atoms with Gasteiger partial charge in [0.25, 0.3) is 5.92 Å². The van der Waals surface area contributed by atoms with Crippen molar-refractivity contribution in [2.24, 2.45) is 17.6 Å². The Morgan fingerprint density at radius 1 is 1.50 bits per heavy atom. The highest BCUT2D eigenvalue weighted by molar-refractivity contribution is 5.81. The number of carbonyl (C=O) groups is 1. The van der Waals surface area contributed by atoms with Crippen LogP contribution in [0.4, 0.5) is 8.78 Å². The van der Waals surface area contributed by atoms with Crippen LogP contribution in [0.5, 0.6) is 0 Å². The van der Waals surface area contributed by atoms with Gasteiger partial charge in [-0.05, 0) is 25.7 Å². The number of nitrogens with zero attached hydrogens (tertiary/aromatic N) is 1. The van der Waals surface area contributed by atoms with E-state index in [0.717, 1.165) is 6.42 Å². The summed E-state index contributed by atoms with van der Waals surface area (Å²) in [5.41, 5.74) is 5.49. The summed E-state index contributed by atoms with van der Waals surface area (Å²) in [7, 11) is 0. The Labute approximate surface area is 94.0 Å². The minimum Gasteiger partial charge on any atom is -0.341 e. The molecule has 1 aliphatic carbocycles. The van der Waals surface area contributed by atoms with E-state index in [4.69, 9.17) is 5.73 Å². The molecule has 0 aromatic rings. The van der Waals surface area contributed by atoms with E-state index in [2.05, 4.69) is 0 Å². The third kappa shape index (κ3) is 1.93. The molecule has 16 heavy (non-hydrogen) atoms. The van der Waals surface area contributed by atoms with Crippen LogP contribution in [-0.4, -0.2) is 35.9 Å². The Hall–Kier alpha value is -0.710. The predicted molar refractivity (Wildman–Crippen MR) is 56.0 cm³/mol. The molecule has 0 radical (unpaired) electrons. The topological polar surface area (TPSA) is 46.3 Å². The van der Waals surface area contributed by atoms with Crippen LogP contribution in [0.3, 0.4) is 0 Å². The van der Waals surface area contributed by atoms with E-state index in [0.29, 0.717) is 13.0 Å². The summed E-state index contributed by atoms with van der Waals surface area (Å²) in [5.74, 6) is -3.49. The third-order valence-corrected chi connectivity index (χ3v) is 3.77. The summed E-state index contributed by atoms with van der Waals surface area (Å²) in [4.78, 5) is 13.2. The molecule has 92 valence electrons. The molecule has 2 rings (SSSR count). The van der Waals surface area contributed by atoms with Crippen LogP contribution >= 0.6 is 0 Å². The van der Waals surface area contributed by atoms with Crippen LogP contribution < -0.4 is 5.73 Å². The summed E-state index contributed by atoms with van der Waals surface area (Å²) >= 11 is 0. The molecule has 1 aliphatic heterocycles. The third-order valence-electron chi connectivity index (χ3n) is 3.77. The zero-order chi connectivity index (χ0) is 11.9. The molecule has 0 aromatic heterocycles. The van der Waals surface area contributed by atoms with Crippen molar-refractivity contribution >= 4 is 5.91 Å². The maximum absolute atomic E-state index is 13.6. The Balaban J connectivity index is 2.08. The molecule has 2 fully saturated rings. The van der Waals surface area contributed by atoms with Gasteiger partial charge in [-0.25, -0.2) is 8.78 Å². The zero-order valence-electron chi connectivity index (χ0n) is 9.46. The predicted octanol–water partition coefficient (Wildman–Crippen LogP) is 1.23. The fourth-order valence-electron chi connectivity index (χ4n) is 2.90. The molecule has 5 heteroatoms. The van der Waals surface area contributed by atoms with Gasteiger partial charge in [0.2, 0.25) is 5.91 Å². The molecule has 2 N–H and O–H groups in total. The molecular weight excluding hydrogens is 214 g/mol. The van der Waals surface area contributed by atoms with Gasteiger partial charge in [-0.3, -0.25) is 4.79 Å². The van der Waals surface area contributed by atoms with Crippen molar-refractivity contribution in [1.82, 2.24) is 4.90 Å². The number of likely N-dealkylation sites (tertiary alicyclic amines) is 1. The normalized spacial score (nSPS) is 34.6. The molecule has 0 unspecified atom stereocenters. The summed E-state index contributed by atoms with van der Waals surface area (Å²) in [6, 6.07) is -0.589. The molecule has 1 heterocycles. The lowest BCUT2D eigenvalue weighted by atomic mass is 9.79. The molecule has 1 saturated carbocycles. The molecule has 3 atom stereocenters. The fraction of sp³-hybridized carbons (Fsp3) is 0.909. The fourth-order valence-corrected chi connectivity index (χ4v) is 2.90. The molecule has 1 amide bonds. The second-order valence-electron chi connectivity index (χ2n) is 5.05. The number of nitrogens with two attached hydrogens (primary N) is 1. The lowest BCUT2D eigenvalue weighted by Crippen LogP contribution is -2.42. The first-order chi connectivity index (χ1) is 7.42. The van der Waals surface area contributed by atoms with Gasteiger partial charge in [0.05, 0.1) is 6.04 Å². The van der Waals surface area contributed by atoms with Gasteiger partial charge in [0, 0.05) is 25.4 Å². The van der Waals surface area contributed by atoms with E-state index in [1.54, 1.807) is 6.92 Å². The average molecular weight is 232 g/mol. The van der Waals surface area contributed by atoms with Crippen molar-refractivity contribution in [1.29, 1.82) is 0 Å². The molecule has 0 aromatic carbocycles. The monoisotopic (exact) mass is 232 g/mol. The average Bonchev–Trinajstić information content (AvgIpc) is 2.61. The minimum atomic E-state index is -2.60. The lowest BCUT2D eigenvalue weighted by molar-refractivity contribution is -0.132. The van der Waals surface area contributed by atoms with Crippen LogP contribution in [0.2, 0.25) is 0 Å². The van der Waals surface area contributed by atoms with Gasteiger partial charge in [-0.15, -0.1) is 0 Å². The highest BCUT2D eigenvalue weighted by Gasteiger charge is 2.51. The minimum absolute atomic E-state index is 0.0334. The second kappa shape index (κ2) is 3.95. The Morgan fingerprint density at radius 2 is 2.19 bits per heavy atom. The van der Waals surface area contributed by atoms with E-state index < -0.39 is 17.9 Å². The standard InChI is InChI=1S/C11H18F2N2O/c1-7(14)10(16)15-5-8-3-2-4-11(12,13)9(8)6-15/h7-9H,2-6,14H2,1H3/t7-,8+,9+/m0/s1. The van der Waals surface area contributed by atoms with Crippen LogP contribution in [0.15, 0.2) is 0 Å². The Bertz CT molecular complexity index is 294. The summed E-state index contributed by atoms with van der Waals surface area (Å²) < 4.78 is 27.3. The van der Waals surface area contributed by atoms with Crippen LogP contribution in [-0.2, 0) is 4.79 Å². The first-order valence-electron chi connectivity index (χ1n) is 5.84. The zero-order valence-corrected chi connectivity index (χ0v) is 9.46. The van der Waals surface area contributed by atoms with Gasteiger partial charge < -0.3 is 10.6 Å². The first-order valence-corrected chi connectivity index (χ1v) is 5.84. The lowest BCUT2D eigenvalue weighted by Gasteiger charge is -2.32. The van der Waals surface area contributed by atoms with Crippen LogP contribution in [0, 0.1) is 11.8 Å². The van der Waals surface area contributed by atoms with Gasteiger partial charge in [0.15, 0.2) is 0 Å². The van der Waals surface area contributed by atoms with Crippen molar-refractivity contribution in [3.05, 3.63) is 0 Å². The van der Waals surface area contributed by atoms with Crippen molar-refractivity contribution in [3.8, 4) is 0 Å². The van der Waals surface area contributed by atoms with Crippen molar-refractivity contribution < 1.29 is 13.6 Å². The molecular formula is C11H18F2N2O. The number of rotatable bonds is 1. The van der Waals surface area contributed by atoms with Crippen molar-refractivity contribution in [3.63, 3.8) is 0 Å². The summed E-state index contributed by atoms with van der Waals surface area (Å²) in [6.07, 6.45) is 1.34. The Kier molecular flexibility index (Phi) is 2.90. The number of halogens is 2. The number of hydrogen-bond donors (Lipinski definition) is 1. The first kappa shape index (κ1) is 11.8. The number of fused-ring (bicyclic) bond motifs is 1. The smallest absolute Gasteiger partial charge is 0.252 e. The highest BCUT2D eigenvalue weighted by Crippen LogP contribution is 2.45. The van der Waals surface area contributed by atoms with E-state index in [9.17, 15) is 13.6 Å². The Morgan fingerprint density at radius 3 is 2.75 bits per heavy atom. The van der Waals surface area contributed by atoms with E-state index in [-0.39, 0.29) is 24.8 Å². The molecule has 2 aliphatic rings. The summed E-state index contributed by atoms with van der Waals surface area (Å²) in [5, 5.41) is 0. The van der Waals surface area contributed by atoms with Gasteiger partial charge in [-0.2, -0.15) is 0 Å². The maximum Gasteiger partial charge on any atom is 0.252 e. The molecule has 3 nitrogen and oxygen atoms in total. The number of alkyl halides is 2. The SMILES string of the molecule is C[C@H](N)C(=O)N1C[C@H]2CCCC(F)(F)[C@@H]2C1.